The summed E-state index contributed by atoms with van der Waals surface area (Å²) in [6, 6.07) is 0.894. The van der Waals surface area contributed by atoms with Crippen molar-refractivity contribution in [3.63, 3.8) is 0 Å². The van der Waals surface area contributed by atoms with Gasteiger partial charge in [-0.1, -0.05) is 0 Å². The molecule has 0 saturated carbocycles. The van der Waals surface area contributed by atoms with Crippen molar-refractivity contribution >= 4 is 0 Å². The zero-order valence-corrected chi connectivity index (χ0v) is 5.46. The number of rotatable bonds is 0. The van der Waals surface area contributed by atoms with Crippen LogP contribution in [0.3, 0.4) is 0 Å². The molecule has 1 atom stereocenters. The lowest BCUT2D eigenvalue weighted by Gasteiger charge is -2.26. The molecular weight excluding hydrogens is 100 g/mol. The van der Waals surface area contributed by atoms with E-state index in [-0.39, 0.29) is 0 Å². The predicted octanol–water partition coefficient (Wildman–Crippen LogP) is -0.0380. The van der Waals surface area contributed by atoms with Crippen LogP contribution >= 0.6 is 0 Å². The van der Waals surface area contributed by atoms with Crippen LogP contribution in [0.15, 0.2) is 0 Å². The highest BCUT2D eigenvalue weighted by Gasteiger charge is 2.43. The first-order chi connectivity index (χ1) is 3.79. The molecule has 46 valence electrons. The van der Waals surface area contributed by atoms with Gasteiger partial charge in [0.1, 0.15) is 0 Å². The minimum absolute atomic E-state index is 0.722. The van der Waals surface area contributed by atoms with Crippen LogP contribution in [0.5, 0.6) is 0 Å². The summed E-state index contributed by atoms with van der Waals surface area (Å²) >= 11 is 0. The van der Waals surface area contributed by atoms with Gasteiger partial charge in [-0.3, -0.25) is 9.80 Å². The molecule has 3 saturated heterocycles. The molecule has 3 aliphatic rings. The second-order valence-corrected chi connectivity index (χ2v) is 2.91. The Morgan fingerprint density at radius 2 is 2.00 bits per heavy atom. The fourth-order valence-electron chi connectivity index (χ4n) is 1.61. The fourth-order valence-corrected chi connectivity index (χ4v) is 1.61. The minimum atomic E-state index is 0.722. The van der Waals surface area contributed by atoms with Crippen molar-refractivity contribution in [3.05, 3.63) is 0 Å². The van der Waals surface area contributed by atoms with Crippen molar-refractivity contribution < 1.29 is 0 Å². The molecule has 2 nitrogen and oxygen atoms in total. The van der Waals surface area contributed by atoms with Gasteiger partial charge in [-0.05, 0) is 14.0 Å². The normalized spacial score (nSPS) is 54.0. The van der Waals surface area contributed by atoms with E-state index in [4.69, 9.17) is 0 Å². The van der Waals surface area contributed by atoms with Gasteiger partial charge in [0.15, 0.2) is 0 Å². The second kappa shape index (κ2) is 1.25. The first-order valence-corrected chi connectivity index (χ1v) is 3.25. The fraction of sp³-hybridized carbons (Fsp3) is 1.00. The maximum absolute atomic E-state index is 2.49. The van der Waals surface area contributed by atoms with Gasteiger partial charge in [0.25, 0.3) is 0 Å². The van der Waals surface area contributed by atoms with Gasteiger partial charge in [-0.25, -0.2) is 0 Å². The summed E-state index contributed by atoms with van der Waals surface area (Å²) in [5, 5.41) is 0. The molecule has 0 radical (unpaired) electrons. The largest absolute Gasteiger partial charge is 0.286 e. The minimum Gasteiger partial charge on any atom is -0.286 e. The number of hydrogen-bond acceptors (Lipinski definition) is 2. The van der Waals surface area contributed by atoms with E-state index in [0.29, 0.717) is 0 Å². The van der Waals surface area contributed by atoms with Gasteiger partial charge in [0.05, 0.1) is 6.17 Å². The molecule has 2 heteroatoms. The lowest BCUT2D eigenvalue weighted by atomic mass is 10.2. The Kier molecular flexibility index (Phi) is 0.746. The molecule has 3 rings (SSSR count). The molecule has 0 amide bonds. The lowest BCUT2D eigenvalue weighted by molar-refractivity contribution is 0.212. The molecule has 2 bridgehead atoms. The van der Waals surface area contributed by atoms with Crippen LogP contribution in [0.1, 0.15) is 6.92 Å². The smallest absolute Gasteiger partial charge is 0.0595 e. The van der Waals surface area contributed by atoms with E-state index < -0.39 is 0 Å². The van der Waals surface area contributed by atoms with Crippen LogP contribution in [0, 0.1) is 0 Å². The highest BCUT2D eigenvalue weighted by atomic mass is 15.5. The first-order valence-electron chi connectivity index (χ1n) is 3.25. The summed E-state index contributed by atoms with van der Waals surface area (Å²) in [6.07, 6.45) is 0.722. The molecule has 3 aliphatic heterocycles. The van der Waals surface area contributed by atoms with Gasteiger partial charge in [0.2, 0.25) is 0 Å². The Labute approximate surface area is 50.1 Å². The molecule has 3 heterocycles. The van der Waals surface area contributed by atoms with Gasteiger partial charge >= 0.3 is 0 Å². The zero-order chi connectivity index (χ0) is 5.72. The van der Waals surface area contributed by atoms with Gasteiger partial charge < -0.3 is 0 Å². The van der Waals surface area contributed by atoms with Crippen molar-refractivity contribution in [3.8, 4) is 0 Å². The summed E-state index contributed by atoms with van der Waals surface area (Å²) in [4.78, 5) is 4.94. The van der Waals surface area contributed by atoms with E-state index in [0.717, 1.165) is 12.2 Å². The average molecular weight is 112 g/mol. The van der Waals surface area contributed by atoms with Crippen LogP contribution in [-0.2, 0) is 0 Å². The van der Waals surface area contributed by atoms with Crippen molar-refractivity contribution in [2.45, 2.75) is 19.1 Å². The van der Waals surface area contributed by atoms with Crippen molar-refractivity contribution in [2.75, 3.05) is 20.1 Å². The van der Waals surface area contributed by atoms with Gasteiger partial charge in [-0.15, -0.1) is 0 Å². The molecule has 8 heavy (non-hydrogen) atoms. The van der Waals surface area contributed by atoms with E-state index in [1.165, 1.54) is 13.1 Å². The summed E-state index contributed by atoms with van der Waals surface area (Å²) in [7, 11) is 2.21. The maximum Gasteiger partial charge on any atom is 0.0595 e. The number of fused-ring (bicyclic) bond motifs is 1. The standard InChI is InChI=1S/C6H12N2/c1-5-7(2)6-3-8(5)4-6/h5-6H,3-4H2,1-2H3. The van der Waals surface area contributed by atoms with E-state index >= 15 is 0 Å². The molecule has 0 spiro atoms. The van der Waals surface area contributed by atoms with Crippen molar-refractivity contribution in [2.24, 2.45) is 0 Å². The van der Waals surface area contributed by atoms with Crippen LogP contribution in [0.2, 0.25) is 0 Å². The molecular formula is C6H12N2. The SMILES string of the molecule is CC1N2CC(C2)N1C. The van der Waals surface area contributed by atoms with Crippen molar-refractivity contribution in [1.82, 2.24) is 9.80 Å². The number of nitrogens with zero attached hydrogens (tertiary/aromatic N) is 2. The van der Waals surface area contributed by atoms with Crippen LogP contribution in [0.4, 0.5) is 0 Å². The monoisotopic (exact) mass is 112 g/mol. The lowest BCUT2D eigenvalue weighted by Crippen LogP contribution is -2.43. The van der Waals surface area contributed by atoms with E-state index in [2.05, 4.69) is 23.8 Å². The molecule has 1 unspecified atom stereocenters. The van der Waals surface area contributed by atoms with Crippen molar-refractivity contribution in [1.29, 1.82) is 0 Å². The third-order valence-electron chi connectivity index (χ3n) is 2.58. The van der Waals surface area contributed by atoms with Gasteiger partial charge in [-0.2, -0.15) is 0 Å². The van der Waals surface area contributed by atoms with Crippen LogP contribution < -0.4 is 0 Å². The Bertz CT molecular complexity index is 95.1. The quantitative estimate of drug-likeness (QED) is 0.434. The van der Waals surface area contributed by atoms with E-state index in [1.54, 1.807) is 0 Å². The van der Waals surface area contributed by atoms with Gasteiger partial charge in [0, 0.05) is 19.1 Å². The van der Waals surface area contributed by atoms with Crippen LogP contribution in [-0.4, -0.2) is 42.1 Å². The molecule has 0 aliphatic carbocycles. The summed E-state index contributed by atoms with van der Waals surface area (Å²) in [6.45, 7) is 4.91. The Hall–Kier alpha value is -0.0800. The first kappa shape index (κ1) is 4.77. The van der Waals surface area contributed by atoms with Crippen LogP contribution in [0.25, 0.3) is 0 Å². The second-order valence-electron chi connectivity index (χ2n) is 2.91. The number of likely N-dealkylation sites (N-methyl/N-ethyl adjacent to an activating group) is 1. The summed E-state index contributed by atoms with van der Waals surface area (Å²) < 4.78 is 0. The molecule has 0 aromatic heterocycles. The Balaban J connectivity index is 2.16. The molecule has 0 N–H and O–H groups in total. The summed E-state index contributed by atoms with van der Waals surface area (Å²) in [5.41, 5.74) is 0. The highest BCUT2D eigenvalue weighted by Crippen LogP contribution is 2.27. The van der Waals surface area contributed by atoms with E-state index in [9.17, 15) is 0 Å². The zero-order valence-electron chi connectivity index (χ0n) is 5.46. The highest BCUT2D eigenvalue weighted by molar-refractivity contribution is 4.97. The number of hydrogen-bond donors (Lipinski definition) is 0. The maximum atomic E-state index is 2.49. The average Bonchev–Trinajstić information content (AvgIpc) is 1.89. The topological polar surface area (TPSA) is 6.48 Å². The Morgan fingerprint density at radius 1 is 1.38 bits per heavy atom. The molecule has 3 fully saturated rings. The summed E-state index contributed by atoms with van der Waals surface area (Å²) in [5.74, 6) is 0. The molecule has 0 aromatic carbocycles. The van der Waals surface area contributed by atoms with E-state index in [1.807, 2.05) is 0 Å². The predicted molar refractivity (Wildman–Crippen MR) is 32.6 cm³/mol. The molecule has 0 aromatic rings. The third kappa shape index (κ3) is 0.361. The third-order valence-corrected chi connectivity index (χ3v) is 2.58. The Morgan fingerprint density at radius 3 is 2.12 bits per heavy atom.